The first-order valence-electron chi connectivity index (χ1n) is 5.25. The van der Waals surface area contributed by atoms with Crippen LogP contribution in [0.25, 0.3) is 0 Å². The highest BCUT2D eigenvalue weighted by atomic mass is 16.7. The van der Waals surface area contributed by atoms with Crippen LogP contribution < -0.4 is 0 Å². The zero-order valence-corrected chi connectivity index (χ0v) is 8.55. The molecule has 2 aliphatic heterocycles. The Balaban J connectivity index is 1.59. The summed E-state index contributed by atoms with van der Waals surface area (Å²) in [6.45, 7) is 0.655. The summed E-state index contributed by atoms with van der Waals surface area (Å²) in [4.78, 5) is 11.0. The fourth-order valence-electron chi connectivity index (χ4n) is 2.51. The van der Waals surface area contributed by atoms with Crippen LogP contribution in [0.1, 0.15) is 6.42 Å². The number of methoxy groups -OCH3 is 1. The Bertz CT molecular complexity index is 279. The molecule has 0 N–H and O–H groups in total. The molecule has 0 aromatic rings. The first kappa shape index (κ1) is 9.57. The zero-order chi connectivity index (χ0) is 10.4. The highest BCUT2D eigenvalue weighted by molar-refractivity contribution is 5.70. The van der Waals surface area contributed by atoms with Gasteiger partial charge in [0, 0.05) is 0 Å². The van der Waals surface area contributed by atoms with Crippen molar-refractivity contribution in [1.82, 2.24) is 0 Å². The number of fused-ring (bicyclic) bond motifs is 4. The number of hydrogen-bond donors (Lipinski definition) is 0. The number of ether oxygens (including phenoxy) is 4. The van der Waals surface area contributed by atoms with Crippen molar-refractivity contribution in [2.45, 2.75) is 24.9 Å². The molecule has 15 heavy (non-hydrogen) atoms. The van der Waals surface area contributed by atoms with E-state index in [1.54, 1.807) is 0 Å². The molecular formula is C10H14O5. The molecule has 0 spiro atoms. The number of carbonyl (C=O) groups excluding carboxylic acids is 1. The quantitative estimate of drug-likeness (QED) is 0.616. The van der Waals surface area contributed by atoms with Crippen molar-refractivity contribution in [2.24, 2.45) is 11.8 Å². The lowest BCUT2D eigenvalue weighted by atomic mass is 10.1. The van der Waals surface area contributed by atoms with E-state index in [2.05, 4.69) is 4.74 Å². The summed E-state index contributed by atoms with van der Waals surface area (Å²) in [7, 11) is 1.35. The average Bonchev–Trinajstić information content (AvgIpc) is 2.93. The molecule has 3 rings (SSSR count). The second kappa shape index (κ2) is 3.43. The minimum Gasteiger partial charge on any atom is -0.467 e. The molecular weight excluding hydrogens is 200 g/mol. The van der Waals surface area contributed by atoms with E-state index >= 15 is 0 Å². The van der Waals surface area contributed by atoms with Gasteiger partial charge in [-0.2, -0.15) is 0 Å². The number of carbonyl (C=O) groups is 1. The molecule has 2 heterocycles. The van der Waals surface area contributed by atoms with Gasteiger partial charge in [0.05, 0.1) is 19.8 Å². The van der Waals surface area contributed by atoms with Crippen molar-refractivity contribution in [2.75, 3.05) is 20.3 Å². The molecule has 2 bridgehead atoms. The van der Waals surface area contributed by atoms with Gasteiger partial charge in [-0.15, -0.1) is 0 Å². The van der Waals surface area contributed by atoms with E-state index in [1.165, 1.54) is 7.11 Å². The third-order valence-corrected chi connectivity index (χ3v) is 3.41. The molecule has 5 heteroatoms. The summed E-state index contributed by atoms with van der Waals surface area (Å²) in [6, 6.07) is 0. The van der Waals surface area contributed by atoms with Gasteiger partial charge in [-0.25, -0.2) is 4.79 Å². The van der Waals surface area contributed by atoms with Gasteiger partial charge in [-0.1, -0.05) is 0 Å². The molecule has 5 atom stereocenters. The van der Waals surface area contributed by atoms with Crippen LogP contribution in [0.2, 0.25) is 0 Å². The highest BCUT2D eigenvalue weighted by Gasteiger charge is 2.59. The Morgan fingerprint density at radius 3 is 3.13 bits per heavy atom. The van der Waals surface area contributed by atoms with Crippen molar-refractivity contribution >= 4 is 5.97 Å². The fraction of sp³-hybridized carbons (Fsp3) is 0.900. The summed E-state index contributed by atoms with van der Waals surface area (Å²) < 4.78 is 21.1. The lowest BCUT2D eigenvalue weighted by Crippen LogP contribution is -2.38. The van der Waals surface area contributed by atoms with Gasteiger partial charge in [-0.05, 0) is 18.3 Å². The van der Waals surface area contributed by atoms with Gasteiger partial charge in [0.2, 0.25) is 0 Å². The molecule has 3 unspecified atom stereocenters. The molecule has 3 aliphatic rings. The van der Waals surface area contributed by atoms with E-state index in [9.17, 15) is 4.79 Å². The van der Waals surface area contributed by atoms with Crippen molar-refractivity contribution in [3.05, 3.63) is 0 Å². The van der Waals surface area contributed by atoms with Crippen molar-refractivity contribution in [1.29, 1.82) is 0 Å². The number of hydrogen-bond acceptors (Lipinski definition) is 5. The van der Waals surface area contributed by atoms with E-state index < -0.39 is 0 Å². The average molecular weight is 214 g/mol. The van der Waals surface area contributed by atoms with Crippen LogP contribution in [-0.2, 0) is 23.7 Å². The third-order valence-electron chi connectivity index (χ3n) is 3.41. The Morgan fingerprint density at radius 2 is 2.33 bits per heavy atom. The molecule has 0 amide bonds. The monoisotopic (exact) mass is 214 g/mol. The second-order valence-corrected chi connectivity index (χ2v) is 4.29. The van der Waals surface area contributed by atoms with Gasteiger partial charge in [0.15, 0.2) is 6.29 Å². The first-order chi connectivity index (χ1) is 7.29. The van der Waals surface area contributed by atoms with Crippen LogP contribution in [0.3, 0.4) is 0 Å². The van der Waals surface area contributed by atoms with Gasteiger partial charge in [-0.3, -0.25) is 0 Å². The Labute approximate surface area is 87.6 Å². The maximum atomic E-state index is 11.0. The first-order valence-corrected chi connectivity index (χ1v) is 5.25. The van der Waals surface area contributed by atoms with Crippen LogP contribution in [0.15, 0.2) is 0 Å². The molecule has 0 aromatic heterocycles. The molecule has 0 radical (unpaired) electrons. The van der Waals surface area contributed by atoms with Crippen LogP contribution in [-0.4, -0.2) is 44.8 Å². The van der Waals surface area contributed by atoms with Crippen LogP contribution in [0.5, 0.6) is 0 Å². The fourth-order valence-corrected chi connectivity index (χ4v) is 2.51. The number of esters is 1. The van der Waals surface area contributed by atoms with Crippen molar-refractivity contribution in [3.63, 3.8) is 0 Å². The highest BCUT2D eigenvalue weighted by Crippen LogP contribution is 2.53. The summed E-state index contributed by atoms with van der Waals surface area (Å²) >= 11 is 0. The predicted octanol–water partition coefficient (Wildman–Crippen LogP) is -0.0642. The van der Waals surface area contributed by atoms with Gasteiger partial charge in [0.1, 0.15) is 12.7 Å². The normalized spacial score (nSPS) is 46.1. The number of rotatable bonds is 3. The van der Waals surface area contributed by atoms with Crippen molar-refractivity contribution < 1.29 is 23.7 Å². The van der Waals surface area contributed by atoms with Gasteiger partial charge < -0.3 is 18.9 Å². The van der Waals surface area contributed by atoms with Crippen molar-refractivity contribution in [3.8, 4) is 0 Å². The van der Waals surface area contributed by atoms with E-state index in [0.717, 1.165) is 6.42 Å². The van der Waals surface area contributed by atoms with Gasteiger partial charge >= 0.3 is 5.97 Å². The third kappa shape index (κ3) is 1.55. The molecule has 5 nitrogen and oxygen atoms in total. The largest absolute Gasteiger partial charge is 0.467 e. The lowest BCUT2D eigenvalue weighted by Gasteiger charge is -2.26. The zero-order valence-electron chi connectivity index (χ0n) is 8.55. The van der Waals surface area contributed by atoms with E-state index in [4.69, 9.17) is 14.2 Å². The lowest BCUT2D eigenvalue weighted by molar-refractivity contribution is -0.186. The summed E-state index contributed by atoms with van der Waals surface area (Å²) in [5.41, 5.74) is 0. The molecule has 1 aliphatic carbocycles. The Morgan fingerprint density at radius 1 is 1.47 bits per heavy atom. The van der Waals surface area contributed by atoms with Crippen LogP contribution >= 0.6 is 0 Å². The van der Waals surface area contributed by atoms with E-state index in [-0.39, 0.29) is 31.1 Å². The standard InChI is InChI=1S/C10H14O5/c1-12-8(11)4-13-9-6-2-5(6)7-3-14-10(9)15-7/h5-7,9-10H,2-4H2,1H3/t5-,6?,7?,9?,10-/m1/s1. The van der Waals surface area contributed by atoms with Crippen LogP contribution in [0, 0.1) is 11.8 Å². The second-order valence-electron chi connectivity index (χ2n) is 4.29. The minimum atomic E-state index is -0.354. The predicted molar refractivity (Wildman–Crippen MR) is 48.0 cm³/mol. The molecule has 2 saturated heterocycles. The molecule has 3 fully saturated rings. The maximum absolute atomic E-state index is 11.0. The topological polar surface area (TPSA) is 54.0 Å². The SMILES string of the molecule is COC(=O)COC1C2C[C@H]2C2CO[C@@H]1O2. The van der Waals surface area contributed by atoms with Crippen LogP contribution in [0.4, 0.5) is 0 Å². The summed E-state index contributed by atoms with van der Waals surface area (Å²) in [5.74, 6) is 0.736. The smallest absolute Gasteiger partial charge is 0.331 e. The molecule has 0 aromatic carbocycles. The maximum Gasteiger partial charge on any atom is 0.331 e. The summed E-state index contributed by atoms with van der Waals surface area (Å²) in [5, 5.41) is 0. The summed E-state index contributed by atoms with van der Waals surface area (Å²) in [6.07, 6.45) is 1.03. The molecule has 84 valence electrons. The molecule has 1 saturated carbocycles. The Hall–Kier alpha value is -0.650. The van der Waals surface area contributed by atoms with Gasteiger partial charge in [0.25, 0.3) is 0 Å². The Kier molecular flexibility index (Phi) is 2.19. The minimum absolute atomic E-state index is 0.0156. The van der Waals surface area contributed by atoms with E-state index in [1.807, 2.05) is 0 Å². The van der Waals surface area contributed by atoms with E-state index in [0.29, 0.717) is 18.4 Å².